The summed E-state index contributed by atoms with van der Waals surface area (Å²) in [6.45, 7) is 16.1. The number of hydrogen-bond donors (Lipinski definition) is 2. The van der Waals surface area contributed by atoms with E-state index in [0.717, 1.165) is 27.8 Å². The van der Waals surface area contributed by atoms with E-state index >= 15 is 0 Å². The first-order valence-corrected chi connectivity index (χ1v) is 10.1. The monoisotopic (exact) mass is 404 g/mol. The number of aryl methyl sites for hydroxylation is 2. The topological polar surface area (TPSA) is 73.1 Å². The zero-order valence-electron chi connectivity index (χ0n) is 19.3. The minimum atomic E-state index is -0.455. The smallest absolute Gasteiger partial charge is 0.266 e. The molecule has 0 aromatic heterocycles. The molecule has 0 saturated heterocycles. The molecule has 0 aliphatic heterocycles. The second kappa shape index (κ2) is 8.36. The average Bonchev–Trinajstić information content (AvgIpc) is 2.61. The molecule has 0 aliphatic rings. The van der Waals surface area contributed by atoms with Gasteiger partial charge in [0.25, 0.3) is 5.91 Å². The van der Waals surface area contributed by atoms with Crippen LogP contribution in [0.25, 0.3) is 6.08 Å². The Morgan fingerprint density at radius 2 is 1.50 bits per heavy atom. The van der Waals surface area contributed by atoms with Gasteiger partial charge in [-0.3, -0.25) is 4.79 Å². The fraction of sp³-hybridized carbons (Fsp3) is 0.385. The predicted octanol–water partition coefficient (Wildman–Crippen LogP) is 6.15. The summed E-state index contributed by atoms with van der Waals surface area (Å²) in [5.74, 6) is -0.186. The molecule has 30 heavy (non-hydrogen) atoms. The summed E-state index contributed by atoms with van der Waals surface area (Å²) >= 11 is 0. The summed E-state index contributed by atoms with van der Waals surface area (Å²) in [6.07, 6.45) is 1.58. The maximum Gasteiger partial charge on any atom is 0.266 e. The van der Waals surface area contributed by atoms with Gasteiger partial charge in [-0.1, -0.05) is 47.6 Å². The molecule has 0 spiro atoms. The van der Waals surface area contributed by atoms with Crippen molar-refractivity contribution < 1.29 is 9.90 Å². The fourth-order valence-electron chi connectivity index (χ4n) is 3.22. The molecule has 0 atom stereocenters. The number of amides is 1. The van der Waals surface area contributed by atoms with Crippen LogP contribution in [0, 0.1) is 25.2 Å². The maximum absolute atomic E-state index is 12.7. The lowest BCUT2D eigenvalue weighted by Gasteiger charge is -2.28. The van der Waals surface area contributed by atoms with Crippen molar-refractivity contribution in [2.24, 2.45) is 0 Å². The second-order valence-electron chi connectivity index (χ2n) is 9.89. The van der Waals surface area contributed by atoms with E-state index in [0.29, 0.717) is 5.69 Å². The van der Waals surface area contributed by atoms with Gasteiger partial charge in [0.2, 0.25) is 0 Å². The lowest BCUT2D eigenvalue weighted by Crippen LogP contribution is -2.18. The number of anilines is 1. The van der Waals surface area contributed by atoms with Crippen molar-refractivity contribution in [3.8, 4) is 11.8 Å². The molecule has 2 rings (SSSR count). The highest BCUT2D eigenvalue weighted by Gasteiger charge is 2.26. The van der Waals surface area contributed by atoms with Crippen molar-refractivity contribution in [3.05, 3.63) is 63.7 Å². The molecular weight excluding hydrogens is 372 g/mol. The highest BCUT2D eigenvalue weighted by atomic mass is 16.3. The standard InChI is InChI=1S/C26H32N2O2/c1-16-9-10-20(11-17(16)2)28-24(30)19(15-27)12-18-13-21(25(3,4)5)23(29)22(14-18)26(6,7)8/h9-14,29H,1-8H3,(H,28,30)/b19-12+. The number of phenols is 1. The number of carbonyl (C=O) groups is 1. The van der Waals surface area contributed by atoms with Gasteiger partial charge in [0.1, 0.15) is 17.4 Å². The molecule has 0 radical (unpaired) electrons. The normalized spacial score (nSPS) is 12.4. The molecule has 158 valence electrons. The van der Waals surface area contributed by atoms with Crippen LogP contribution in [0.15, 0.2) is 35.9 Å². The van der Waals surface area contributed by atoms with Crippen molar-refractivity contribution in [3.63, 3.8) is 0 Å². The molecule has 4 heteroatoms. The van der Waals surface area contributed by atoms with E-state index in [1.807, 2.05) is 91.8 Å². The number of carbonyl (C=O) groups excluding carboxylic acids is 1. The van der Waals surface area contributed by atoms with Crippen LogP contribution in [0.5, 0.6) is 5.75 Å². The average molecular weight is 405 g/mol. The van der Waals surface area contributed by atoms with Gasteiger partial charge in [-0.2, -0.15) is 5.26 Å². The highest BCUT2D eigenvalue weighted by Crippen LogP contribution is 2.40. The lowest BCUT2D eigenvalue weighted by molar-refractivity contribution is -0.112. The van der Waals surface area contributed by atoms with Gasteiger partial charge in [0, 0.05) is 16.8 Å². The summed E-state index contributed by atoms with van der Waals surface area (Å²) in [7, 11) is 0. The van der Waals surface area contributed by atoms with E-state index in [2.05, 4.69) is 5.32 Å². The Kier molecular flexibility index (Phi) is 6.47. The molecule has 2 aromatic rings. The molecular formula is C26H32N2O2. The molecule has 2 N–H and O–H groups in total. The number of phenolic OH excluding ortho intramolecular Hbond substituents is 1. The predicted molar refractivity (Wildman–Crippen MR) is 124 cm³/mol. The molecule has 0 bridgehead atoms. The van der Waals surface area contributed by atoms with Crippen LogP contribution in [-0.4, -0.2) is 11.0 Å². The van der Waals surface area contributed by atoms with E-state index in [1.165, 1.54) is 0 Å². The molecule has 0 aliphatic carbocycles. The Balaban J connectivity index is 2.51. The molecule has 4 nitrogen and oxygen atoms in total. The van der Waals surface area contributed by atoms with Crippen molar-refractivity contribution in [2.75, 3.05) is 5.32 Å². The van der Waals surface area contributed by atoms with Gasteiger partial charge in [-0.15, -0.1) is 0 Å². The number of nitrogens with one attached hydrogen (secondary N) is 1. The first-order valence-electron chi connectivity index (χ1n) is 10.1. The Morgan fingerprint density at radius 1 is 0.967 bits per heavy atom. The van der Waals surface area contributed by atoms with Crippen LogP contribution < -0.4 is 5.32 Å². The number of aromatic hydroxyl groups is 1. The third-order valence-corrected chi connectivity index (χ3v) is 5.19. The van der Waals surface area contributed by atoms with Crippen LogP contribution in [0.2, 0.25) is 0 Å². The Morgan fingerprint density at radius 3 is 1.93 bits per heavy atom. The van der Waals surface area contributed by atoms with Crippen LogP contribution >= 0.6 is 0 Å². The minimum absolute atomic E-state index is 0.0126. The molecule has 2 aromatic carbocycles. The zero-order chi connectivity index (χ0) is 22.9. The third-order valence-electron chi connectivity index (χ3n) is 5.19. The quantitative estimate of drug-likeness (QED) is 0.476. The number of rotatable bonds is 3. The van der Waals surface area contributed by atoms with Crippen molar-refractivity contribution in [1.82, 2.24) is 0 Å². The number of nitriles is 1. The van der Waals surface area contributed by atoms with E-state index in [9.17, 15) is 15.2 Å². The molecule has 0 fully saturated rings. The van der Waals surface area contributed by atoms with Crippen LogP contribution in [0.3, 0.4) is 0 Å². The third kappa shape index (κ3) is 5.30. The van der Waals surface area contributed by atoms with E-state index in [-0.39, 0.29) is 22.2 Å². The second-order valence-corrected chi connectivity index (χ2v) is 9.89. The van der Waals surface area contributed by atoms with Gasteiger partial charge in [-0.25, -0.2) is 0 Å². The number of hydrogen-bond acceptors (Lipinski definition) is 3. The first-order chi connectivity index (χ1) is 13.7. The summed E-state index contributed by atoms with van der Waals surface area (Å²) in [5, 5.41) is 23.3. The van der Waals surface area contributed by atoms with Gasteiger partial charge in [0.15, 0.2) is 0 Å². The van der Waals surface area contributed by atoms with Gasteiger partial charge < -0.3 is 10.4 Å². The van der Waals surface area contributed by atoms with Gasteiger partial charge in [0.05, 0.1) is 0 Å². The lowest BCUT2D eigenvalue weighted by atomic mass is 9.78. The van der Waals surface area contributed by atoms with E-state index in [4.69, 9.17) is 0 Å². The SMILES string of the molecule is Cc1ccc(NC(=O)/C(C#N)=C/c2cc(C(C)(C)C)c(O)c(C(C)(C)C)c2)cc1C. The fourth-order valence-corrected chi connectivity index (χ4v) is 3.22. The Hall–Kier alpha value is -3.06. The number of nitrogens with zero attached hydrogens (tertiary/aromatic N) is 1. The van der Waals surface area contributed by atoms with Crippen molar-refractivity contribution in [2.45, 2.75) is 66.2 Å². The largest absolute Gasteiger partial charge is 0.507 e. The summed E-state index contributed by atoms with van der Waals surface area (Å²) in [6, 6.07) is 11.4. The van der Waals surface area contributed by atoms with Gasteiger partial charge in [-0.05, 0) is 71.7 Å². The number of benzene rings is 2. The molecule has 1 amide bonds. The van der Waals surface area contributed by atoms with Crippen molar-refractivity contribution in [1.29, 1.82) is 5.26 Å². The Labute approximate surface area is 180 Å². The van der Waals surface area contributed by atoms with E-state index in [1.54, 1.807) is 6.08 Å². The highest BCUT2D eigenvalue weighted by molar-refractivity contribution is 6.09. The first kappa shape index (κ1) is 23.2. The summed E-state index contributed by atoms with van der Waals surface area (Å²) in [5.41, 5.74) is 4.58. The van der Waals surface area contributed by atoms with Gasteiger partial charge >= 0.3 is 0 Å². The maximum atomic E-state index is 12.7. The Bertz CT molecular complexity index is 1010. The van der Waals surface area contributed by atoms with Crippen molar-refractivity contribution >= 4 is 17.7 Å². The van der Waals surface area contributed by atoms with E-state index < -0.39 is 5.91 Å². The van der Waals surface area contributed by atoms with Crippen LogP contribution in [-0.2, 0) is 15.6 Å². The summed E-state index contributed by atoms with van der Waals surface area (Å²) in [4.78, 5) is 12.7. The summed E-state index contributed by atoms with van der Waals surface area (Å²) < 4.78 is 0. The molecule has 0 unspecified atom stereocenters. The zero-order valence-corrected chi connectivity index (χ0v) is 19.3. The molecule has 0 saturated carbocycles. The molecule has 0 heterocycles. The van der Waals surface area contributed by atoms with Crippen LogP contribution in [0.4, 0.5) is 5.69 Å². The minimum Gasteiger partial charge on any atom is -0.507 e. The van der Waals surface area contributed by atoms with Crippen LogP contribution in [0.1, 0.15) is 69.4 Å².